The number of anilines is 1. The molecule has 0 saturated carbocycles. The fourth-order valence-electron chi connectivity index (χ4n) is 1.37. The van der Waals surface area contributed by atoms with E-state index in [1.54, 1.807) is 18.3 Å². The van der Waals surface area contributed by atoms with Gasteiger partial charge in [0.2, 0.25) is 0 Å². The quantitative estimate of drug-likeness (QED) is 0.739. The van der Waals surface area contributed by atoms with Crippen LogP contribution < -0.4 is 5.73 Å². The van der Waals surface area contributed by atoms with Crippen LogP contribution in [0, 0.1) is 17.1 Å². The highest BCUT2D eigenvalue weighted by atomic mass is 19.1. The fraction of sp³-hybridized carbons (Fsp3) is 0. The zero-order chi connectivity index (χ0) is 11.5. The Labute approximate surface area is 92.0 Å². The van der Waals surface area contributed by atoms with E-state index in [4.69, 9.17) is 11.0 Å². The number of nitriles is 1. The molecule has 2 N–H and O–H groups in total. The predicted molar refractivity (Wildman–Crippen MR) is 58.8 cm³/mol. The first kappa shape index (κ1) is 10.1. The highest BCUT2D eigenvalue weighted by Crippen LogP contribution is 2.22. The third kappa shape index (κ3) is 1.84. The molecule has 0 aliphatic heterocycles. The topological polar surface area (TPSA) is 62.7 Å². The molecule has 4 heteroatoms. The maximum absolute atomic E-state index is 13.2. The Morgan fingerprint density at radius 2 is 2.00 bits per heavy atom. The van der Waals surface area contributed by atoms with Crippen LogP contribution >= 0.6 is 0 Å². The van der Waals surface area contributed by atoms with Crippen LogP contribution in [-0.2, 0) is 0 Å². The summed E-state index contributed by atoms with van der Waals surface area (Å²) >= 11 is 0. The van der Waals surface area contributed by atoms with E-state index in [-0.39, 0.29) is 5.69 Å². The maximum Gasteiger partial charge on any atom is 0.146 e. The second-order valence-corrected chi connectivity index (χ2v) is 3.31. The third-order valence-electron chi connectivity index (χ3n) is 2.20. The van der Waals surface area contributed by atoms with Gasteiger partial charge in [0.1, 0.15) is 11.9 Å². The Morgan fingerprint density at radius 1 is 1.19 bits per heavy atom. The van der Waals surface area contributed by atoms with E-state index in [9.17, 15) is 4.39 Å². The molecule has 2 aromatic rings. The molecule has 1 aromatic heterocycles. The summed E-state index contributed by atoms with van der Waals surface area (Å²) in [6.07, 6.45) is 3.03. The van der Waals surface area contributed by atoms with Gasteiger partial charge >= 0.3 is 0 Å². The van der Waals surface area contributed by atoms with Gasteiger partial charge in [0.15, 0.2) is 0 Å². The van der Waals surface area contributed by atoms with Crippen LogP contribution in [0.25, 0.3) is 11.1 Å². The Hall–Kier alpha value is -2.41. The first-order chi connectivity index (χ1) is 7.70. The van der Waals surface area contributed by atoms with E-state index >= 15 is 0 Å². The van der Waals surface area contributed by atoms with Gasteiger partial charge in [-0.2, -0.15) is 5.26 Å². The van der Waals surface area contributed by atoms with Crippen LogP contribution in [0.3, 0.4) is 0 Å². The summed E-state index contributed by atoms with van der Waals surface area (Å²) in [6.45, 7) is 0. The molecule has 0 fully saturated rings. The number of rotatable bonds is 1. The molecular weight excluding hydrogens is 205 g/mol. The number of nitrogens with zero attached hydrogens (tertiary/aromatic N) is 2. The van der Waals surface area contributed by atoms with Crippen molar-refractivity contribution in [3.05, 3.63) is 48.0 Å². The molecule has 0 spiro atoms. The van der Waals surface area contributed by atoms with Crippen molar-refractivity contribution in [2.75, 3.05) is 5.73 Å². The molecular formula is C12H8FN3. The summed E-state index contributed by atoms with van der Waals surface area (Å²) in [7, 11) is 0. The molecule has 3 nitrogen and oxygen atoms in total. The standard InChI is InChI=1S/C12H8FN3/c13-11-4-9(1-2-12(11)15)10-3-8(5-14)6-16-7-10/h1-4,6-7H,15H2. The number of hydrogen-bond donors (Lipinski definition) is 1. The van der Waals surface area contributed by atoms with E-state index < -0.39 is 5.82 Å². The number of hydrogen-bond acceptors (Lipinski definition) is 3. The van der Waals surface area contributed by atoms with Crippen LogP contribution in [0.1, 0.15) is 5.56 Å². The van der Waals surface area contributed by atoms with Gasteiger partial charge in [0, 0.05) is 18.0 Å². The molecule has 0 saturated heterocycles. The lowest BCUT2D eigenvalue weighted by atomic mass is 10.1. The van der Waals surface area contributed by atoms with Crippen LogP contribution in [0.5, 0.6) is 0 Å². The average molecular weight is 213 g/mol. The molecule has 0 amide bonds. The lowest BCUT2D eigenvalue weighted by Gasteiger charge is -2.03. The van der Waals surface area contributed by atoms with E-state index in [1.807, 2.05) is 6.07 Å². The molecule has 0 radical (unpaired) electrons. The first-order valence-corrected chi connectivity index (χ1v) is 4.61. The van der Waals surface area contributed by atoms with Gasteiger partial charge in [0.25, 0.3) is 0 Å². The highest BCUT2D eigenvalue weighted by molar-refractivity contribution is 5.66. The molecule has 0 atom stereocenters. The van der Waals surface area contributed by atoms with Crippen LogP contribution in [0.2, 0.25) is 0 Å². The van der Waals surface area contributed by atoms with Crippen molar-refractivity contribution in [1.82, 2.24) is 4.98 Å². The summed E-state index contributed by atoms with van der Waals surface area (Å²) in [5.41, 5.74) is 7.27. The SMILES string of the molecule is N#Cc1cncc(-c2ccc(N)c(F)c2)c1. The van der Waals surface area contributed by atoms with E-state index in [0.29, 0.717) is 16.7 Å². The van der Waals surface area contributed by atoms with E-state index in [0.717, 1.165) is 0 Å². The van der Waals surface area contributed by atoms with Gasteiger partial charge in [-0.1, -0.05) is 6.07 Å². The third-order valence-corrected chi connectivity index (χ3v) is 2.20. The highest BCUT2D eigenvalue weighted by Gasteiger charge is 2.03. The summed E-state index contributed by atoms with van der Waals surface area (Å²) in [5, 5.41) is 8.72. The van der Waals surface area contributed by atoms with Gasteiger partial charge in [-0.3, -0.25) is 4.98 Å². The molecule has 78 valence electrons. The molecule has 1 heterocycles. The average Bonchev–Trinajstić information content (AvgIpc) is 2.33. The maximum atomic E-state index is 13.2. The molecule has 16 heavy (non-hydrogen) atoms. The summed E-state index contributed by atoms with van der Waals surface area (Å²) in [6, 6.07) is 8.14. The van der Waals surface area contributed by atoms with E-state index in [2.05, 4.69) is 4.98 Å². The molecule has 0 aliphatic carbocycles. The zero-order valence-corrected chi connectivity index (χ0v) is 8.31. The summed E-state index contributed by atoms with van der Waals surface area (Å²) in [4.78, 5) is 3.91. The normalized spacial score (nSPS) is 9.75. The van der Waals surface area contributed by atoms with Crippen LogP contribution in [0.15, 0.2) is 36.7 Å². The first-order valence-electron chi connectivity index (χ1n) is 4.61. The van der Waals surface area contributed by atoms with Crippen molar-refractivity contribution in [3.8, 4) is 17.2 Å². The monoisotopic (exact) mass is 213 g/mol. The summed E-state index contributed by atoms with van der Waals surface area (Å²) < 4.78 is 13.2. The van der Waals surface area contributed by atoms with Crippen molar-refractivity contribution < 1.29 is 4.39 Å². The molecule has 0 unspecified atom stereocenters. The Kier molecular flexibility index (Phi) is 2.52. The Bertz CT molecular complexity index is 573. The smallest absolute Gasteiger partial charge is 0.146 e. The molecule has 1 aromatic carbocycles. The van der Waals surface area contributed by atoms with Gasteiger partial charge in [0.05, 0.1) is 11.3 Å². The minimum atomic E-state index is -0.472. The summed E-state index contributed by atoms with van der Waals surface area (Å²) in [5.74, 6) is -0.472. The number of pyridine rings is 1. The van der Waals surface area contributed by atoms with E-state index in [1.165, 1.54) is 18.3 Å². The van der Waals surface area contributed by atoms with Gasteiger partial charge in [-0.25, -0.2) is 4.39 Å². The second kappa shape index (κ2) is 3.99. The number of nitrogens with two attached hydrogens (primary N) is 1. The lowest BCUT2D eigenvalue weighted by Crippen LogP contribution is -1.91. The predicted octanol–water partition coefficient (Wildman–Crippen LogP) is 2.34. The van der Waals surface area contributed by atoms with Gasteiger partial charge in [-0.05, 0) is 23.8 Å². The minimum Gasteiger partial charge on any atom is -0.396 e. The number of halogens is 1. The minimum absolute atomic E-state index is 0.105. The number of nitrogen functional groups attached to an aromatic ring is 1. The fourth-order valence-corrected chi connectivity index (χ4v) is 1.37. The zero-order valence-electron chi connectivity index (χ0n) is 8.31. The Balaban J connectivity index is 2.51. The largest absolute Gasteiger partial charge is 0.396 e. The van der Waals surface area contributed by atoms with Gasteiger partial charge < -0.3 is 5.73 Å². The van der Waals surface area contributed by atoms with Crippen LogP contribution in [0.4, 0.5) is 10.1 Å². The van der Waals surface area contributed by atoms with Crippen molar-refractivity contribution in [2.24, 2.45) is 0 Å². The van der Waals surface area contributed by atoms with Crippen LogP contribution in [-0.4, -0.2) is 4.98 Å². The van der Waals surface area contributed by atoms with Gasteiger partial charge in [-0.15, -0.1) is 0 Å². The van der Waals surface area contributed by atoms with Crippen molar-refractivity contribution in [2.45, 2.75) is 0 Å². The van der Waals surface area contributed by atoms with Crippen molar-refractivity contribution >= 4 is 5.69 Å². The number of aromatic nitrogens is 1. The number of benzene rings is 1. The van der Waals surface area contributed by atoms with Crippen molar-refractivity contribution in [1.29, 1.82) is 5.26 Å². The van der Waals surface area contributed by atoms with Crippen molar-refractivity contribution in [3.63, 3.8) is 0 Å². The lowest BCUT2D eigenvalue weighted by molar-refractivity contribution is 0.633. The molecule has 2 rings (SSSR count). The second-order valence-electron chi connectivity index (χ2n) is 3.31. The molecule has 0 bridgehead atoms. The molecule has 0 aliphatic rings. The Morgan fingerprint density at radius 3 is 2.69 bits per heavy atom.